The first-order chi connectivity index (χ1) is 8.08. The Bertz CT molecular complexity index is 458. The van der Waals surface area contributed by atoms with Crippen molar-refractivity contribution in [2.45, 2.75) is 24.4 Å². The summed E-state index contributed by atoms with van der Waals surface area (Å²) in [6.45, 7) is 2.18. The maximum atomic E-state index is 11.4. The molecule has 1 unspecified atom stereocenters. The summed E-state index contributed by atoms with van der Waals surface area (Å²) in [7, 11) is -10.2. The van der Waals surface area contributed by atoms with E-state index in [0.29, 0.717) is 0 Å². The molecule has 2 aliphatic rings. The van der Waals surface area contributed by atoms with Crippen LogP contribution in [0.4, 0.5) is 0 Å². The fraction of sp³-hybridized carbons (Fsp3) is 0.857. The number of nitrogens with zero attached hydrogens (tertiary/aromatic N) is 2. The van der Waals surface area contributed by atoms with Crippen LogP contribution in [-0.2, 0) is 13.9 Å². The number of fused-ring (bicyclic) bond motifs is 1. The zero-order valence-electron chi connectivity index (χ0n) is 9.50. The molecule has 1 saturated heterocycles. The Balaban J connectivity index is 2.54. The molecule has 104 valence electrons. The van der Waals surface area contributed by atoms with Crippen molar-refractivity contribution in [3.05, 3.63) is 0 Å². The van der Waals surface area contributed by atoms with Crippen LogP contribution in [0.15, 0.2) is 4.99 Å². The molecular formula is C7H14N2O7P2. The predicted molar refractivity (Wildman–Crippen MR) is 61.0 cm³/mol. The number of aliphatic imine (C=N–C) groups is 1. The number of hydrogen-bond donors (Lipinski definition) is 4. The predicted octanol–water partition coefficient (Wildman–Crippen LogP) is -0.524. The molecule has 2 aliphatic heterocycles. The minimum absolute atomic E-state index is 0.0321. The van der Waals surface area contributed by atoms with Crippen LogP contribution in [-0.4, -0.2) is 54.7 Å². The maximum Gasteiger partial charge on any atom is 0.365 e. The molecule has 2 rings (SSSR count). The van der Waals surface area contributed by atoms with E-state index in [9.17, 15) is 28.7 Å². The fourth-order valence-corrected chi connectivity index (χ4v) is 4.61. The molecule has 9 nitrogen and oxygen atoms in total. The van der Waals surface area contributed by atoms with Gasteiger partial charge in [0.05, 0.1) is 6.04 Å². The van der Waals surface area contributed by atoms with Crippen molar-refractivity contribution >= 4 is 21.2 Å². The summed E-state index contributed by atoms with van der Waals surface area (Å²) in [6, 6.07) is -0.143. The van der Waals surface area contributed by atoms with Gasteiger partial charge in [0, 0.05) is 13.0 Å². The first-order valence-electron chi connectivity index (χ1n) is 5.19. The first-order valence-corrected chi connectivity index (χ1v) is 8.41. The van der Waals surface area contributed by atoms with Gasteiger partial charge in [0.2, 0.25) is 0 Å². The minimum Gasteiger partial charge on any atom is -0.463 e. The average molecular weight is 300 g/mol. The molecule has 18 heavy (non-hydrogen) atoms. The molecule has 4 N–H and O–H groups in total. The quantitative estimate of drug-likeness (QED) is 0.499. The third-order valence-electron chi connectivity index (χ3n) is 3.13. The smallest absolute Gasteiger partial charge is 0.365 e. The van der Waals surface area contributed by atoms with Crippen LogP contribution in [0, 0.1) is 0 Å². The van der Waals surface area contributed by atoms with E-state index in [1.807, 2.05) is 6.92 Å². The van der Waals surface area contributed by atoms with Crippen molar-refractivity contribution < 1.29 is 33.4 Å². The molecule has 0 saturated carbocycles. The Hall–Kier alpha value is -0.430. The second-order valence-corrected chi connectivity index (χ2v) is 8.37. The molecule has 0 aliphatic carbocycles. The van der Waals surface area contributed by atoms with Crippen LogP contribution < -0.4 is 0 Å². The van der Waals surface area contributed by atoms with E-state index in [2.05, 4.69) is 4.99 Å². The van der Waals surface area contributed by atoms with Gasteiger partial charge in [-0.15, -0.1) is 0 Å². The molecule has 1 fully saturated rings. The van der Waals surface area contributed by atoms with Crippen molar-refractivity contribution in [1.82, 2.24) is 4.90 Å². The highest BCUT2D eigenvalue weighted by Gasteiger charge is 2.63. The molecular weight excluding hydrogens is 286 g/mol. The van der Waals surface area contributed by atoms with Gasteiger partial charge in [0.25, 0.3) is 11.0 Å². The molecule has 2 heterocycles. The molecule has 0 bridgehead atoms. The van der Waals surface area contributed by atoms with E-state index >= 15 is 0 Å². The Kier molecular flexibility index (Phi) is 3.13. The summed E-state index contributed by atoms with van der Waals surface area (Å²) in [5, 5.41) is -2.71. The van der Waals surface area contributed by atoms with Gasteiger partial charge in [0.15, 0.2) is 0 Å². The van der Waals surface area contributed by atoms with Crippen LogP contribution in [0.3, 0.4) is 0 Å². The summed E-state index contributed by atoms with van der Waals surface area (Å²) in [4.78, 5) is 42.2. The number of amidine groups is 1. The topological polar surface area (TPSA) is 140 Å². The molecule has 1 atom stereocenters. The van der Waals surface area contributed by atoms with Gasteiger partial charge in [-0.1, -0.05) is 0 Å². The lowest BCUT2D eigenvalue weighted by Gasteiger charge is -2.37. The summed E-state index contributed by atoms with van der Waals surface area (Å²) < 4.78 is 28.0. The first kappa shape index (κ1) is 14.0. The summed E-state index contributed by atoms with van der Waals surface area (Å²) in [5.41, 5.74) is 0. The summed E-state index contributed by atoms with van der Waals surface area (Å²) >= 11 is 0. The van der Waals surface area contributed by atoms with E-state index in [1.54, 1.807) is 4.90 Å². The largest absolute Gasteiger partial charge is 0.463 e. The number of rotatable bonds is 2. The van der Waals surface area contributed by atoms with Crippen LogP contribution in [0.1, 0.15) is 13.3 Å². The zero-order valence-corrected chi connectivity index (χ0v) is 11.3. The minimum atomic E-state index is -5.12. The van der Waals surface area contributed by atoms with E-state index in [4.69, 9.17) is 4.74 Å². The van der Waals surface area contributed by atoms with Crippen LogP contribution in [0.5, 0.6) is 0 Å². The second-order valence-electron chi connectivity index (χ2n) is 4.36. The normalized spacial score (nSPS) is 27.5. The second kappa shape index (κ2) is 4.03. The maximum absolute atomic E-state index is 11.4. The highest BCUT2D eigenvalue weighted by atomic mass is 31.2. The van der Waals surface area contributed by atoms with Gasteiger partial charge in [-0.3, -0.25) is 9.13 Å². The Morgan fingerprint density at radius 2 is 1.89 bits per heavy atom. The molecule has 0 spiro atoms. The monoisotopic (exact) mass is 300 g/mol. The van der Waals surface area contributed by atoms with Crippen molar-refractivity contribution in [2.24, 2.45) is 4.99 Å². The molecule has 0 aromatic carbocycles. The molecule has 0 amide bonds. The van der Waals surface area contributed by atoms with E-state index < -0.39 is 26.6 Å². The lowest BCUT2D eigenvalue weighted by molar-refractivity contribution is 0.268. The van der Waals surface area contributed by atoms with Gasteiger partial charge >= 0.3 is 15.2 Å². The zero-order chi connectivity index (χ0) is 13.8. The SMILES string of the molecule is CC1COC2=NC(P(=O)(O)O)(P(=O)(O)O)CCN21. The van der Waals surface area contributed by atoms with Crippen molar-refractivity contribution in [3.8, 4) is 0 Å². The summed E-state index contributed by atoms with van der Waals surface area (Å²) in [5.74, 6) is 0. The van der Waals surface area contributed by atoms with E-state index in [1.165, 1.54) is 0 Å². The highest BCUT2D eigenvalue weighted by molar-refractivity contribution is 7.72. The average Bonchev–Trinajstić information content (AvgIpc) is 2.56. The van der Waals surface area contributed by atoms with E-state index in [-0.39, 0.29) is 25.2 Å². The molecule has 0 aromatic rings. The summed E-state index contributed by atoms with van der Waals surface area (Å²) in [6.07, 6.45) is -0.418. The number of ether oxygens (including phenoxy) is 1. The lowest BCUT2D eigenvalue weighted by Crippen LogP contribution is -2.44. The van der Waals surface area contributed by atoms with Gasteiger partial charge in [-0.05, 0) is 6.92 Å². The number of hydrogen-bond acceptors (Lipinski definition) is 5. The standard InChI is InChI=1S/C7H14N2O7P2/c1-5-4-16-6-8-7(17(10,11)12,18(13,14)15)2-3-9(5)6/h5H,2-4H2,1H3,(H2,10,11,12)(H2,13,14,15). The van der Waals surface area contributed by atoms with Crippen LogP contribution in [0.2, 0.25) is 0 Å². The van der Waals surface area contributed by atoms with E-state index in [0.717, 1.165) is 0 Å². The van der Waals surface area contributed by atoms with Crippen LogP contribution in [0.25, 0.3) is 0 Å². The van der Waals surface area contributed by atoms with Gasteiger partial charge in [-0.25, -0.2) is 4.99 Å². The molecule has 11 heteroatoms. The molecule has 0 radical (unpaired) electrons. The van der Waals surface area contributed by atoms with Gasteiger partial charge in [-0.2, -0.15) is 0 Å². The van der Waals surface area contributed by atoms with Crippen molar-refractivity contribution in [2.75, 3.05) is 13.2 Å². The fourth-order valence-electron chi connectivity index (χ4n) is 2.04. The van der Waals surface area contributed by atoms with Crippen LogP contribution >= 0.6 is 15.2 Å². The Labute approximate surface area is 103 Å². The third-order valence-corrected chi connectivity index (χ3v) is 7.20. The van der Waals surface area contributed by atoms with Gasteiger partial charge in [0.1, 0.15) is 6.61 Å². The Morgan fingerprint density at radius 3 is 2.39 bits per heavy atom. The van der Waals surface area contributed by atoms with Crippen molar-refractivity contribution in [3.63, 3.8) is 0 Å². The van der Waals surface area contributed by atoms with Gasteiger partial charge < -0.3 is 29.2 Å². The lowest BCUT2D eigenvalue weighted by atomic mass is 10.3. The Morgan fingerprint density at radius 1 is 1.33 bits per heavy atom. The van der Waals surface area contributed by atoms with Crippen molar-refractivity contribution in [1.29, 1.82) is 0 Å². The highest BCUT2D eigenvalue weighted by Crippen LogP contribution is 2.72. The third kappa shape index (κ3) is 1.91. The molecule has 0 aromatic heterocycles.